The van der Waals surface area contributed by atoms with E-state index in [-0.39, 0.29) is 6.04 Å². The third kappa shape index (κ3) is 1.72. The summed E-state index contributed by atoms with van der Waals surface area (Å²) in [5.41, 5.74) is 7.78. The molecule has 16 heavy (non-hydrogen) atoms. The van der Waals surface area contributed by atoms with Gasteiger partial charge in [0.15, 0.2) is 0 Å². The molecule has 1 heterocycles. The fraction of sp³-hybridized carbons (Fsp3) is 0.250. The normalized spacial score (nSPS) is 23.4. The Labute approximate surface area is 98.6 Å². The predicted molar refractivity (Wildman–Crippen MR) is 66.8 cm³/mol. The largest absolute Gasteiger partial charge is 0.380 e. The van der Waals surface area contributed by atoms with E-state index in [1.807, 2.05) is 24.3 Å². The lowest BCUT2D eigenvalue weighted by Gasteiger charge is -2.08. The van der Waals surface area contributed by atoms with Crippen molar-refractivity contribution in [1.82, 2.24) is 4.98 Å². The van der Waals surface area contributed by atoms with E-state index in [0.29, 0.717) is 11.1 Å². The van der Waals surface area contributed by atoms with Gasteiger partial charge < -0.3 is 11.1 Å². The minimum atomic E-state index is 0.288. The van der Waals surface area contributed by atoms with Crippen LogP contribution in [0, 0.1) is 0 Å². The molecule has 2 unspecified atom stereocenters. The van der Waals surface area contributed by atoms with Crippen LogP contribution < -0.4 is 11.1 Å². The highest BCUT2D eigenvalue weighted by molar-refractivity contribution is 6.31. The van der Waals surface area contributed by atoms with E-state index in [4.69, 9.17) is 17.3 Å². The molecule has 2 aromatic rings. The van der Waals surface area contributed by atoms with Gasteiger partial charge in [-0.25, -0.2) is 0 Å². The van der Waals surface area contributed by atoms with Crippen molar-refractivity contribution in [2.75, 3.05) is 5.32 Å². The van der Waals surface area contributed by atoms with Gasteiger partial charge in [-0.1, -0.05) is 11.6 Å². The first-order chi connectivity index (χ1) is 7.74. The summed E-state index contributed by atoms with van der Waals surface area (Å²) in [6.45, 7) is 0. The summed E-state index contributed by atoms with van der Waals surface area (Å²) < 4.78 is 0. The number of hydrogen-bond acceptors (Lipinski definition) is 3. The van der Waals surface area contributed by atoms with Gasteiger partial charge in [0, 0.05) is 34.4 Å². The van der Waals surface area contributed by atoms with Crippen molar-refractivity contribution in [2.24, 2.45) is 5.73 Å². The highest BCUT2D eigenvalue weighted by atomic mass is 35.5. The molecule has 0 amide bonds. The maximum atomic E-state index is 5.93. The second-order valence-electron chi connectivity index (χ2n) is 4.17. The molecule has 0 radical (unpaired) electrons. The molecule has 1 fully saturated rings. The maximum Gasteiger partial charge on any atom is 0.0737 e. The number of halogens is 1. The Morgan fingerprint density at radius 3 is 2.94 bits per heavy atom. The van der Waals surface area contributed by atoms with E-state index in [0.717, 1.165) is 23.0 Å². The summed E-state index contributed by atoms with van der Waals surface area (Å²) in [7, 11) is 0. The Hall–Kier alpha value is -1.32. The van der Waals surface area contributed by atoms with Crippen LogP contribution in [0.1, 0.15) is 6.42 Å². The molecule has 1 aromatic heterocycles. The Morgan fingerprint density at radius 1 is 1.38 bits per heavy atom. The average molecular weight is 234 g/mol. The molecule has 1 saturated carbocycles. The van der Waals surface area contributed by atoms with Crippen LogP contribution in [0.2, 0.25) is 5.02 Å². The Kier molecular flexibility index (Phi) is 2.23. The lowest BCUT2D eigenvalue weighted by Crippen LogP contribution is -2.13. The summed E-state index contributed by atoms with van der Waals surface area (Å²) in [5, 5.41) is 5.22. The molecule has 2 atom stereocenters. The lowest BCUT2D eigenvalue weighted by molar-refractivity contribution is 1.01. The zero-order valence-electron chi connectivity index (χ0n) is 8.65. The number of hydrogen-bond donors (Lipinski definition) is 2. The van der Waals surface area contributed by atoms with E-state index in [1.54, 1.807) is 6.20 Å². The molecule has 3 N–H and O–H groups in total. The zero-order chi connectivity index (χ0) is 11.1. The van der Waals surface area contributed by atoms with Gasteiger partial charge in [-0.3, -0.25) is 4.98 Å². The lowest BCUT2D eigenvalue weighted by atomic mass is 10.2. The number of fused-ring (bicyclic) bond motifs is 1. The Balaban J connectivity index is 2.03. The minimum absolute atomic E-state index is 0.288. The fourth-order valence-corrected chi connectivity index (χ4v) is 1.99. The van der Waals surface area contributed by atoms with Crippen molar-refractivity contribution in [3.05, 3.63) is 35.5 Å². The van der Waals surface area contributed by atoms with Gasteiger partial charge in [-0.05, 0) is 30.7 Å². The van der Waals surface area contributed by atoms with Crippen LogP contribution in [0.4, 0.5) is 5.69 Å². The minimum Gasteiger partial charge on any atom is -0.380 e. The topological polar surface area (TPSA) is 50.9 Å². The average Bonchev–Trinajstić information content (AvgIpc) is 2.94. The highest BCUT2D eigenvalue weighted by Gasteiger charge is 2.33. The Morgan fingerprint density at radius 2 is 2.19 bits per heavy atom. The van der Waals surface area contributed by atoms with Crippen LogP contribution in [0.5, 0.6) is 0 Å². The summed E-state index contributed by atoms with van der Waals surface area (Å²) in [5.74, 6) is 0. The molecule has 4 heteroatoms. The number of aromatic nitrogens is 1. The Bertz CT molecular complexity index is 541. The fourth-order valence-electron chi connectivity index (χ4n) is 1.83. The molecule has 0 aliphatic heterocycles. The van der Waals surface area contributed by atoms with Crippen LogP contribution in [-0.2, 0) is 0 Å². The number of benzene rings is 1. The molecule has 0 bridgehead atoms. The first-order valence-corrected chi connectivity index (χ1v) is 5.68. The summed E-state index contributed by atoms with van der Waals surface area (Å²) >= 11 is 5.93. The van der Waals surface area contributed by atoms with Crippen LogP contribution >= 0.6 is 11.6 Å². The predicted octanol–water partition coefficient (Wildman–Crippen LogP) is 2.40. The van der Waals surface area contributed by atoms with Crippen LogP contribution in [-0.4, -0.2) is 17.1 Å². The van der Waals surface area contributed by atoms with Crippen molar-refractivity contribution in [2.45, 2.75) is 18.5 Å². The molecule has 1 aliphatic carbocycles. The third-order valence-electron chi connectivity index (χ3n) is 2.89. The van der Waals surface area contributed by atoms with E-state index >= 15 is 0 Å². The van der Waals surface area contributed by atoms with Gasteiger partial charge in [0.25, 0.3) is 0 Å². The van der Waals surface area contributed by atoms with Gasteiger partial charge in [0.2, 0.25) is 0 Å². The summed E-state index contributed by atoms with van der Waals surface area (Å²) in [6, 6.07) is 8.40. The smallest absolute Gasteiger partial charge is 0.0737 e. The van der Waals surface area contributed by atoms with Crippen molar-refractivity contribution in [3.63, 3.8) is 0 Å². The maximum absolute atomic E-state index is 5.93. The van der Waals surface area contributed by atoms with Gasteiger partial charge >= 0.3 is 0 Å². The van der Waals surface area contributed by atoms with E-state index in [2.05, 4.69) is 10.3 Å². The molecule has 0 saturated heterocycles. The molecule has 0 spiro atoms. The number of anilines is 1. The third-order valence-corrected chi connectivity index (χ3v) is 3.12. The quantitative estimate of drug-likeness (QED) is 0.838. The summed E-state index contributed by atoms with van der Waals surface area (Å²) in [4.78, 5) is 4.29. The zero-order valence-corrected chi connectivity index (χ0v) is 9.41. The van der Waals surface area contributed by atoms with Gasteiger partial charge in [-0.2, -0.15) is 0 Å². The van der Waals surface area contributed by atoms with Gasteiger partial charge in [0.1, 0.15) is 0 Å². The van der Waals surface area contributed by atoms with Crippen molar-refractivity contribution < 1.29 is 0 Å². The highest BCUT2D eigenvalue weighted by Crippen LogP contribution is 2.29. The number of rotatable bonds is 2. The molecular weight excluding hydrogens is 222 g/mol. The van der Waals surface area contributed by atoms with Crippen LogP contribution in [0.3, 0.4) is 0 Å². The number of nitrogens with two attached hydrogens (primary N) is 1. The number of nitrogens with one attached hydrogen (secondary N) is 1. The molecule has 3 nitrogen and oxygen atoms in total. The monoisotopic (exact) mass is 233 g/mol. The van der Waals surface area contributed by atoms with Crippen molar-refractivity contribution in [1.29, 1.82) is 0 Å². The van der Waals surface area contributed by atoms with Gasteiger partial charge in [0.05, 0.1) is 5.52 Å². The molecule has 3 rings (SSSR count). The second-order valence-corrected chi connectivity index (χ2v) is 4.61. The standard InChI is InChI=1S/C12H12ClN3/c13-7-1-2-8-10(16-12-6-9(12)14)3-4-15-11(8)5-7/h1-5,9,12H,6,14H2,(H,15,16). The van der Waals surface area contributed by atoms with Crippen molar-refractivity contribution >= 4 is 28.2 Å². The molecule has 1 aromatic carbocycles. The second kappa shape index (κ2) is 3.61. The van der Waals surface area contributed by atoms with Crippen LogP contribution in [0.15, 0.2) is 30.5 Å². The van der Waals surface area contributed by atoms with Crippen LogP contribution in [0.25, 0.3) is 10.9 Å². The van der Waals surface area contributed by atoms with Gasteiger partial charge in [-0.15, -0.1) is 0 Å². The summed E-state index contributed by atoms with van der Waals surface area (Å²) in [6.07, 6.45) is 2.83. The van der Waals surface area contributed by atoms with E-state index in [9.17, 15) is 0 Å². The molecule has 82 valence electrons. The number of nitrogens with zero attached hydrogens (tertiary/aromatic N) is 1. The van der Waals surface area contributed by atoms with E-state index < -0.39 is 0 Å². The SMILES string of the molecule is NC1CC1Nc1ccnc2cc(Cl)ccc12. The first-order valence-electron chi connectivity index (χ1n) is 5.30. The molecular formula is C12H12ClN3. The number of pyridine rings is 1. The molecule has 1 aliphatic rings. The van der Waals surface area contributed by atoms with E-state index in [1.165, 1.54) is 0 Å². The van der Waals surface area contributed by atoms with Crippen molar-refractivity contribution in [3.8, 4) is 0 Å². The first kappa shape index (κ1) is 9.87.